The fourth-order valence-electron chi connectivity index (χ4n) is 8.59. The number of hydrogen-bond acceptors (Lipinski definition) is 25. The Bertz CT molecular complexity index is 3000. The number of rotatable bonds is 0. The Balaban J connectivity index is -0.0000000986. The minimum atomic E-state index is -1.82. The summed E-state index contributed by atoms with van der Waals surface area (Å²) in [6.45, 7) is 110. The molecule has 0 spiro atoms. The van der Waals surface area contributed by atoms with Crippen LogP contribution in [0.3, 0.4) is 0 Å². The van der Waals surface area contributed by atoms with Gasteiger partial charge in [-0.15, -0.1) is 11.8 Å². The predicted octanol–water partition coefficient (Wildman–Crippen LogP) is 24.1. The number of allylic oxidation sites excluding steroid dienone is 5. The van der Waals surface area contributed by atoms with Crippen molar-refractivity contribution in [3.05, 3.63) is 197 Å². The van der Waals surface area contributed by atoms with E-state index in [9.17, 15) is 4.21 Å². The lowest BCUT2D eigenvalue weighted by Crippen LogP contribution is -2.39. The van der Waals surface area contributed by atoms with E-state index in [1.807, 2.05) is 274 Å². The molecule has 0 N–H and O–H groups in total. The molecule has 13 aliphatic heterocycles. The maximum absolute atomic E-state index is 11.2. The molecule has 13 heterocycles. The van der Waals surface area contributed by atoms with Crippen molar-refractivity contribution in [1.82, 2.24) is 73.7 Å². The van der Waals surface area contributed by atoms with E-state index in [4.69, 9.17) is 18.9 Å². The molecule has 8 fully saturated rings. The van der Waals surface area contributed by atoms with Gasteiger partial charge in [-0.2, -0.15) is 20.7 Å². The van der Waals surface area contributed by atoms with E-state index in [0.717, 1.165) is 98.3 Å². The molecule has 27 heteroatoms. The zero-order valence-electron chi connectivity index (χ0n) is 90.8. The lowest BCUT2D eigenvalue weighted by atomic mass is 10.2. The normalized spacial score (nSPS) is 18.5. The van der Waals surface area contributed by atoms with Crippen molar-refractivity contribution >= 4 is 55.9 Å². The molecule has 750 valence electrons. The Morgan fingerprint density at radius 1 is 0.433 bits per heavy atom. The van der Waals surface area contributed by atoms with Crippen LogP contribution in [0.15, 0.2) is 217 Å². The van der Waals surface area contributed by atoms with Gasteiger partial charge in [-0.1, -0.05) is 288 Å². The van der Waals surface area contributed by atoms with Crippen LogP contribution in [0.2, 0.25) is 0 Å². The summed E-state index contributed by atoms with van der Waals surface area (Å²) in [5.41, 5.74) is 11.6. The molecule has 0 radical (unpaired) electrons. The van der Waals surface area contributed by atoms with Crippen LogP contribution in [0.5, 0.6) is 0 Å². The lowest BCUT2D eigenvalue weighted by Gasteiger charge is -2.33. The Hall–Kier alpha value is -7.79. The average molecular weight is 1850 g/mol. The molecule has 13 aliphatic rings. The Kier molecular flexibility index (Phi) is 120. The second kappa shape index (κ2) is 104. The molecule has 24 nitrogen and oxygen atoms in total. The highest BCUT2D eigenvalue weighted by molar-refractivity contribution is 8.14. The number of nitrogens with zero attached hydrogens (tertiary/aromatic N) is 19. The van der Waals surface area contributed by atoms with Gasteiger partial charge in [0.1, 0.15) is 32.6 Å². The summed E-state index contributed by atoms with van der Waals surface area (Å²) in [6.07, 6.45) is 22.7. The summed E-state index contributed by atoms with van der Waals surface area (Å²) in [5, 5.41) is 14.5. The standard InChI is InChI=1S/2C7H11N.C6H12N2O.C6H12N2.C6H11NOS.C6H11NS.C6H11N.C6H9N.C5H7N3.C5H9NO2.C5H9NO.C5H9NS.C4H7N3.13C2H6/c2*1-7-5-3-4-6-8(7)2;1-6-8(3)4-7(2)5-9-6;1-6-4-7(2)5-8(6)3;1-6-4-9(3,8)5-7(6)2;1-6-4-8(3)5-7(6)2;2*1-6-4-3-5-7(6)2;1-5-6-3-4-7-8(5)2;1-5-6(2)3-7-4-8-5;2*1-5-3-7-4-6(5)2;1-4-3-5-6-7(4)2;13*1-2/h4,6H,1,3,5H2,2H3;3-4H,1,5-6H2,2H3;1,4-5H2,2-3H3;1,4-5H2,2-3H3;1,3-5H2,2H3;1,3-5H2,2H3;1,3-5H2,2H3;3,5H,1,4H2,2H3;3-4H,1H2,2H3;1,3-4H2,2H3;2*1,3-4H2,2H3;1,3H2,2H3;13*1-2H3. The van der Waals surface area contributed by atoms with Crippen molar-refractivity contribution < 1.29 is 23.2 Å². The highest BCUT2D eigenvalue weighted by atomic mass is 32.2. The van der Waals surface area contributed by atoms with Crippen molar-refractivity contribution in [2.24, 2.45) is 20.4 Å². The van der Waals surface area contributed by atoms with Crippen molar-refractivity contribution in [3.63, 3.8) is 0 Å². The van der Waals surface area contributed by atoms with Gasteiger partial charge in [0.05, 0.1) is 55.2 Å². The maximum Gasteiger partial charge on any atom is 0.192 e. The molecule has 0 amide bonds. The van der Waals surface area contributed by atoms with Gasteiger partial charge in [-0.05, 0) is 80.7 Å². The van der Waals surface area contributed by atoms with Crippen LogP contribution in [0.25, 0.3) is 0 Å². The average Bonchev–Trinajstić information content (AvgIpc) is 1.76. The van der Waals surface area contributed by atoms with E-state index >= 15 is 0 Å². The van der Waals surface area contributed by atoms with E-state index in [-0.39, 0.29) is 0 Å². The van der Waals surface area contributed by atoms with E-state index < -0.39 is 9.52 Å². The van der Waals surface area contributed by atoms with Gasteiger partial charge in [0.25, 0.3) is 0 Å². The molecule has 13 rings (SSSR count). The minimum Gasteiger partial charge on any atom is -0.464 e. The van der Waals surface area contributed by atoms with Crippen LogP contribution >= 0.6 is 22.2 Å². The molecule has 0 bridgehead atoms. The third kappa shape index (κ3) is 84.8. The Morgan fingerprint density at radius 2 is 0.937 bits per heavy atom. The molecule has 2 atom stereocenters. The number of hydrazone groups is 1. The van der Waals surface area contributed by atoms with Crippen molar-refractivity contribution in [3.8, 4) is 0 Å². The summed E-state index contributed by atoms with van der Waals surface area (Å²) >= 11 is 1.92. The summed E-state index contributed by atoms with van der Waals surface area (Å²) in [5.74, 6) is 15.3. The third-order valence-electron chi connectivity index (χ3n) is 16.0. The first-order valence-corrected chi connectivity index (χ1v) is 51.1. The monoisotopic (exact) mass is 1850 g/mol. The van der Waals surface area contributed by atoms with Gasteiger partial charge < -0.3 is 72.8 Å². The van der Waals surface area contributed by atoms with Crippen LogP contribution < -0.4 is 0 Å². The second-order valence-corrected chi connectivity index (χ2v) is 30.9. The summed E-state index contributed by atoms with van der Waals surface area (Å²) in [6, 6.07) is 0. The fraction of sp³-hybridized carbons (Fsp3) is 0.640. The molecule has 0 saturated carbocycles. The SMILES string of the molecule is C=C1CC=CCN1C.C=C1CC=CN1C.C=C1CCC=CN1C.C=C1CCCN1C.C=C1CN(C)CN1C.C=C1CN=NN1C.C=C1COCN1C.C=C1CS(=C)(=O)CN1C.C=C1CS(=C)CN1C.C=C1CSCN1C.C=C1N=CC=NN1C.C=C1OCN(C)CN1C.C=C1OCOCN1C.CC.CC.CC.CC.CC.CC.CC.CC.CC.CC.CC.CC.CC. The highest BCUT2D eigenvalue weighted by Crippen LogP contribution is 2.25. The minimum absolute atomic E-state index is 0.336. The lowest BCUT2D eigenvalue weighted by molar-refractivity contribution is -0.129. The van der Waals surface area contributed by atoms with E-state index in [2.05, 4.69) is 230 Å². The quantitative estimate of drug-likeness (QED) is 0.167. The zero-order chi connectivity index (χ0) is 103. The highest BCUT2D eigenvalue weighted by Gasteiger charge is 2.20. The number of likely N-dealkylation sites (tertiary alicyclic amines) is 1. The van der Waals surface area contributed by atoms with Crippen LogP contribution in [0.1, 0.15) is 219 Å². The van der Waals surface area contributed by atoms with Crippen LogP contribution in [0, 0.1) is 0 Å². The number of aliphatic imine (C=N–C) groups is 1. The summed E-state index contributed by atoms with van der Waals surface area (Å²) in [7, 11) is 28.3. The van der Waals surface area contributed by atoms with Gasteiger partial charge >= 0.3 is 0 Å². The van der Waals surface area contributed by atoms with Gasteiger partial charge in [0.15, 0.2) is 18.6 Å². The van der Waals surface area contributed by atoms with Gasteiger partial charge in [0, 0.05) is 193 Å². The first kappa shape index (κ1) is 148. The first-order valence-electron chi connectivity index (χ1n) is 46.1. The van der Waals surface area contributed by atoms with Gasteiger partial charge in [0.2, 0.25) is 0 Å². The molecule has 0 aromatic rings. The molecule has 127 heavy (non-hydrogen) atoms. The Morgan fingerprint density at radius 3 is 1.13 bits per heavy atom. The number of hydrogen-bond donors (Lipinski definition) is 0. The predicted molar refractivity (Wildman–Crippen MR) is 584 cm³/mol. The largest absolute Gasteiger partial charge is 0.464 e. The smallest absolute Gasteiger partial charge is 0.192 e. The van der Waals surface area contributed by atoms with Crippen LogP contribution in [0.4, 0.5) is 0 Å². The molecule has 0 aliphatic carbocycles. The molecule has 0 aromatic carbocycles. The van der Waals surface area contributed by atoms with Crippen LogP contribution in [-0.2, 0) is 28.5 Å². The van der Waals surface area contributed by atoms with Gasteiger partial charge in [-0.25, -0.2) is 4.99 Å². The number of thioether (sulfide) groups is 1. The maximum atomic E-state index is 11.2. The fourth-order valence-corrected chi connectivity index (χ4v) is 12.9. The molecule has 2 unspecified atom stereocenters. The van der Waals surface area contributed by atoms with Crippen molar-refractivity contribution in [1.29, 1.82) is 0 Å². The van der Waals surface area contributed by atoms with E-state index in [0.29, 0.717) is 74.0 Å². The molecule has 8 saturated heterocycles. The number of likely N-dealkylation sites (N-methyl/N-ethyl adjacent to an activating group) is 5. The summed E-state index contributed by atoms with van der Waals surface area (Å²) < 4.78 is 31.1. The molecular weight excluding hydrogens is 1640 g/mol. The first-order chi connectivity index (χ1) is 60.3. The van der Waals surface area contributed by atoms with Crippen molar-refractivity contribution in [2.75, 3.05) is 214 Å². The molecule has 0 aromatic heterocycles. The Labute approximate surface area is 797 Å². The van der Waals surface area contributed by atoms with E-state index in [1.165, 1.54) is 59.3 Å². The zero-order valence-corrected chi connectivity index (χ0v) is 93.2. The van der Waals surface area contributed by atoms with Crippen molar-refractivity contribution in [2.45, 2.75) is 219 Å². The van der Waals surface area contributed by atoms with Gasteiger partial charge in [-0.3, -0.25) is 24.0 Å². The van der Waals surface area contributed by atoms with E-state index in [1.54, 1.807) is 34.4 Å². The second-order valence-electron chi connectivity index (χ2n) is 25.6. The number of ether oxygens (including phenoxy) is 4. The van der Waals surface area contributed by atoms with Crippen LogP contribution in [-0.4, -0.2) is 316 Å². The third-order valence-corrected chi connectivity index (χ3v) is 20.3. The molecular formula is C100H207N19O5S3. The summed E-state index contributed by atoms with van der Waals surface area (Å²) in [4.78, 5) is 30.7. The topological polar surface area (TPSA) is 152 Å².